The number of halogens is 1. The quantitative estimate of drug-likeness (QED) is 0.920. The smallest absolute Gasteiger partial charge is 0.124 e. The predicted molar refractivity (Wildman–Crippen MR) is 80.3 cm³/mol. The summed E-state index contributed by atoms with van der Waals surface area (Å²) in [6.07, 6.45) is 0.862. The molecule has 1 unspecified atom stereocenters. The van der Waals surface area contributed by atoms with E-state index in [2.05, 4.69) is 23.1 Å². The van der Waals surface area contributed by atoms with Crippen molar-refractivity contribution in [2.45, 2.75) is 19.0 Å². The Morgan fingerprint density at radius 1 is 1.29 bits per heavy atom. The Morgan fingerprint density at radius 2 is 2.10 bits per heavy atom. The third-order valence-corrected chi connectivity index (χ3v) is 3.82. The number of rotatable bonds is 2. The highest BCUT2D eigenvalue weighted by atomic mass is 19.1. The Morgan fingerprint density at radius 3 is 2.90 bits per heavy atom. The van der Waals surface area contributed by atoms with Gasteiger partial charge in [0.2, 0.25) is 0 Å². The van der Waals surface area contributed by atoms with Gasteiger partial charge in [0, 0.05) is 24.8 Å². The first-order chi connectivity index (χ1) is 10.2. The molecule has 0 radical (unpaired) electrons. The summed E-state index contributed by atoms with van der Waals surface area (Å²) in [5, 5.41) is 9.16. The summed E-state index contributed by atoms with van der Waals surface area (Å²) in [5.74, 6) is -0.383. The van der Waals surface area contributed by atoms with Crippen LogP contribution in [0.15, 0.2) is 42.5 Å². The normalized spacial score (nSPS) is 17.2. The molecule has 0 fully saturated rings. The van der Waals surface area contributed by atoms with Gasteiger partial charge in [-0.05, 0) is 35.7 Å². The van der Waals surface area contributed by atoms with Crippen molar-refractivity contribution in [3.8, 4) is 6.07 Å². The van der Waals surface area contributed by atoms with Crippen LogP contribution >= 0.6 is 0 Å². The van der Waals surface area contributed by atoms with Crippen LogP contribution in [0, 0.1) is 17.1 Å². The Balaban J connectivity index is 1.94. The Bertz CT molecular complexity index is 705. The fourth-order valence-corrected chi connectivity index (χ4v) is 2.87. The van der Waals surface area contributed by atoms with Gasteiger partial charge in [-0.1, -0.05) is 24.3 Å². The van der Waals surface area contributed by atoms with E-state index in [1.165, 1.54) is 17.7 Å². The lowest BCUT2D eigenvalue weighted by atomic mass is 9.97. The SMILES string of the molecule is N#Cc1cc(F)ccc1CN1CC(N)Cc2ccccc21. The number of hydrogen-bond donors (Lipinski definition) is 1. The average Bonchev–Trinajstić information content (AvgIpc) is 2.48. The third kappa shape index (κ3) is 2.74. The van der Waals surface area contributed by atoms with Crippen molar-refractivity contribution >= 4 is 5.69 Å². The summed E-state index contributed by atoms with van der Waals surface area (Å²) in [6, 6.07) is 14.6. The van der Waals surface area contributed by atoms with Crippen LogP contribution < -0.4 is 10.6 Å². The lowest BCUT2D eigenvalue weighted by Crippen LogP contribution is -2.43. The van der Waals surface area contributed by atoms with Gasteiger partial charge in [0.1, 0.15) is 5.82 Å². The van der Waals surface area contributed by atoms with E-state index in [0.29, 0.717) is 12.1 Å². The number of nitrogens with zero attached hydrogens (tertiary/aromatic N) is 2. The van der Waals surface area contributed by atoms with Gasteiger partial charge in [-0.3, -0.25) is 0 Å². The number of anilines is 1. The van der Waals surface area contributed by atoms with Gasteiger partial charge < -0.3 is 10.6 Å². The van der Waals surface area contributed by atoms with Crippen LogP contribution in [0.1, 0.15) is 16.7 Å². The van der Waals surface area contributed by atoms with Gasteiger partial charge in [0.15, 0.2) is 0 Å². The molecule has 2 aromatic rings. The summed E-state index contributed by atoms with van der Waals surface area (Å²) in [7, 11) is 0. The van der Waals surface area contributed by atoms with Gasteiger partial charge in [-0.15, -0.1) is 0 Å². The van der Waals surface area contributed by atoms with Crippen LogP contribution in [0.2, 0.25) is 0 Å². The highest BCUT2D eigenvalue weighted by Crippen LogP contribution is 2.28. The molecule has 0 bridgehead atoms. The fraction of sp³-hybridized carbons (Fsp3) is 0.235. The van der Waals surface area contributed by atoms with Crippen LogP contribution in [0.3, 0.4) is 0 Å². The van der Waals surface area contributed by atoms with Crippen molar-refractivity contribution in [2.24, 2.45) is 5.73 Å². The molecule has 0 aromatic heterocycles. The van der Waals surface area contributed by atoms with E-state index in [1.54, 1.807) is 6.07 Å². The number of para-hydroxylation sites is 1. The minimum atomic E-state index is -0.383. The van der Waals surface area contributed by atoms with Crippen molar-refractivity contribution in [1.29, 1.82) is 5.26 Å². The van der Waals surface area contributed by atoms with E-state index in [0.717, 1.165) is 24.2 Å². The molecule has 1 aliphatic rings. The van der Waals surface area contributed by atoms with Crippen molar-refractivity contribution in [3.05, 3.63) is 65.0 Å². The second-order valence-corrected chi connectivity index (χ2v) is 5.39. The minimum Gasteiger partial charge on any atom is -0.365 e. The minimum absolute atomic E-state index is 0.0749. The van der Waals surface area contributed by atoms with Crippen molar-refractivity contribution in [3.63, 3.8) is 0 Å². The molecule has 0 amide bonds. The van der Waals surface area contributed by atoms with E-state index in [1.807, 2.05) is 12.1 Å². The number of hydrogen-bond acceptors (Lipinski definition) is 3. The highest BCUT2D eigenvalue weighted by molar-refractivity contribution is 5.57. The lowest BCUT2D eigenvalue weighted by Gasteiger charge is -2.35. The van der Waals surface area contributed by atoms with E-state index >= 15 is 0 Å². The largest absolute Gasteiger partial charge is 0.365 e. The molecule has 0 saturated heterocycles. The maximum absolute atomic E-state index is 13.2. The fourth-order valence-electron chi connectivity index (χ4n) is 2.87. The molecule has 106 valence electrons. The number of nitriles is 1. The van der Waals surface area contributed by atoms with E-state index in [-0.39, 0.29) is 11.9 Å². The number of benzene rings is 2. The van der Waals surface area contributed by atoms with Gasteiger partial charge in [-0.25, -0.2) is 4.39 Å². The maximum Gasteiger partial charge on any atom is 0.124 e. The molecule has 1 heterocycles. The van der Waals surface area contributed by atoms with Gasteiger partial charge in [-0.2, -0.15) is 5.26 Å². The van der Waals surface area contributed by atoms with Crippen molar-refractivity contribution in [1.82, 2.24) is 0 Å². The lowest BCUT2D eigenvalue weighted by molar-refractivity contribution is 0.596. The first-order valence-electron chi connectivity index (χ1n) is 6.94. The molecular formula is C17H16FN3. The molecule has 1 aliphatic heterocycles. The molecule has 2 aromatic carbocycles. The maximum atomic E-state index is 13.2. The summed E-state index contributed by atoms with van der Waals surface area (Å²) in [6.45, 7) is 1.30. The predicted octanol–water partition coefficient (Wildman–Crippen LogP) is 2.59. The zero-order valence-corrected chi connectivity index (χ0v) is 11.6. The van der Waals surface area contributed by atoms with E-state index in [9.17, 15) is 4.39 Å². The Hall–Kier alpha value is -2.38. The van der Waals surface area contributed by atoms with Crippen LogP contribution in [0.25, 0.3) is 0 Å². The summed E-state index contributed by atoms with van der Waals surface area (Å²) in [4.78, 5) is 2.16. The van der Waals surface area contributed by atoms with Gasteiger partial charge >= 0.3 is 0 Å². The second-order valence-electron chi connectivity index (χ2n) is 5.39. The van der Waals surface area contributed by atoms with Crippen LogP contribution in [0.5, 0.6) is 0 Å². The zero-order chi connectivity index (χ0) is 14.8. The van der Waals surface area contributed by atoms with E-state index < -0.39 is 0 Å². The molecule has 4 heteroatoms. The highest BCUT2D eigenvalue weighted by Gasteiger charge is 2.22. The number of fused-ring (bicyclic) bond motifs is 1. The number of nitrogens with two attached hydrogens (primary N) is 1. The summed E-state index contributed by atoms with van der Waals surface area (Å²) < 4.78 is 13.2. The van der Waals surface area contributed by atoms with Crippen LogP contribution in [0.4, 0.5) is 10.1 Å². The molecule has 1 atom stereocenters. The first-order valence-corrected chi connectivity index (χ1v) is 6.94. The molecule has 2 N–H and O–H groups in total. The molecular weight excluding hydrogens is 265 g/mol. The van der Waals surface area contributed by atoms with Crippen molar-refractivity contribution in [2.75, 3.05) is 11.4 Å². The topological polar surface area (TPSA) is 53.0 Å². The third-order valence-electron chi connectivity index (χ3n) is 3.82. The molecule has 3 nitrogen and oxygen atoms in total. The Labute approximate surface area is 123 Å². The van der Waals surface area contributed by atoms with E-state index in [4.69, 9.17) is 11.0 Å². The molecule has 21 heavy (non-hydrogen) atoms. The molecule has 3 rings (SSSR count). The van der Waals surface area contributed by atoms with Crippen LogP contribution in [-0.4, -0.2) is 12.6 Å². The van der Waals surface area contributed by atoms with Crippen molar-refractivity contribution < 1.29 is 4.39 Å². The second kappa shape index (κ2) is 5.55. The first kappa shape index (κ1) is 13.6. The zero-order valence-electron chi connectivity index (χ0n) is 11.6. The van der Waals surface area contributed by atoms with Gasteiger partial charge in [0.25, 0.3) is 0 Å². The molecule has 0 saturated carbocycles. The van der Waals surface area contributed by atoms with Crippen LogP contribution in [-0.2, 0) is 13.0 Å². The standard InChI is InChI=1S/C17H16FN3/c18-15-6-5-13(14(7-15)9-19)10-21-11-16(20)8-12-3-1-2-4-17(12)21/h1-7,16H,8,10-11,20H2. The molecule has 0 spiro atoms. The average molecular weight is 281 g/mol. The monoisotopic (exact) mass is 281 g/mol. The van der Waals surface area contributed by atoms with Gasteiger partial charge in [0.05, 0.1) is 11.6 Å². The Kier molecular flexibility index (Phi) is 3.59. The summed E-state index contributed by atoms with van der Waals surface area (Å²) >= 11 is 0. The molecule has 0 aliphatic carbocycles. The summed E-state index contributed by atoms with van der Waals surface area (Å²) in [5.41, 5.74) is 9.69.